The van der Waals surface area contributed by atoms with Crippen molar-refractivity contribution in [3.05, 3.63) is 51.9 Å². The Hall–Kier alpha value is -2.28. The van der Waals surface area contributed by atoms with Crippen molar-refractivity contribution in [1.29, 1.82) is 0 Å². The zero-order chi connectivity index (χ0) is 21.1. The number of nitrogens with one attached hydrogen (secondary N) is 1. The number of carbonyl (C=O) groups is 2. The molecular formula is C21H25F2NO3S. The molecule has 2 rings (SSSR count). The van der Waals surface area contributed by atoms with Crippen LogP contribution in [0.25, 0.3) is 0 Å². The summed E-state index contributed by atoms with van der Waals surface area (Å²) in [6, 6.07) is 4.64. The average molecular weight is 409 g/mol. The van der Waals surface area contributed by atoms with E-state index in [4.69, 9.17) is 4.74 Å². The van der Waals surface area contributed by atoms with Gasteiger partial charge in [-0.05, 0) is 48.9 Å². The van der Waals surface area contributed by atoms with Gasteiger partial charge in [-0.15, -0.1) is 11.3 Å². The molecule has 1 aromatic heterocycles. The fraction of sp³-hybridized carbons (Fsp3) is 0.429. The zero-order valence-corrected chi connectivity index (χ0v) is 17.5. The highest BCUT2D eigenvalue weighted by atomic mass is 32.1. The van der Waals surface area contributed by atoms with Gasteiger partial charge in [0, 0.05) is 10.4 Å². The van der Waals surface area contributed by atoms with Gasteiger partial charge in [-0.25, -0.2) is 13.6 Å². The van der Waals surface area contributed by atoms with Crippen molar-refractivity contribution in [2.24, 2.45) is 5.41 Å². The van der Waals surface area contributed by atoms with Crippen molar-refractivity contribution in [2.45, 2.75) is 47.0 Å². The molecule has 1 N–H and O–H groups in total. The van der Waals surface area contributed by atoms with Crippen LogP contribution in [-0.4, -0.2) is 18.5 Å². The fourth-order valence-corrected chi connectivity index (χ4v) is 4.03. The second kappa shape index (κ2) is 8.82. The van der Waals surface area contributed by atoms with E-state index in [-0.39, 0.29) is 29.1 Å². The first-order valence-corrected chi connectivity index (χ1v) is 9.90. The molecule has 1 atom stereocenters. The number of carbonyl (C=O) groups excluding carboxylic acids is 2. The van der Waals surface area contributed by atoms with Crippen LogP contribution < -0.4 is 5.32 Å². The number of rotatable bonds is 6. The Kier molecular flexibility index (Phi) is 6.93. The van der Waals surface area contributed by atoms with Gasteiger partial charge in [0.15, 0.2) is 11.6 Å². The van der Waals surface area contributed by atoms with E-state index < -0.39 is 23.5 Å². The third-order valence-electron chi connectivity index (χ3n) is 4.06. The molecule has 0 aliphatic carbocycles. The zero-order valence-electron chi connectivity index (χ0n) is 16.7. The highest BCUT2D eigenvalue weighted by molar-refractivity contribution is 7.16. The number of halogens is 2. The molecule has 0 radical (unpaired) electrons. The molecule has 0 aliphatic heterocycles. The molecule has 2 aromatic rings. The molecule has 4 nitrogen and oxygen atoms in total. The number of anilines is 1. The Balaban J connectivity index is 2.33. The van der Waals surface area contributed by atoms with Crippen LogP contribution in [0.4, 0.5) is 13.8 Å². The smallest absolute Gasteiger partial charge is 0.341 e. The third-order valence-corrected chi connectivity index (χ3v) is 5.34. The van der Waals surface area contributed by atoms with E-state index in [1.807, 2.05) is 0 Å². The molecule has 0 unspecified atom stereocenters. The standard InChI is InChI=1S/C21H25F2NO3S/c1-6-27-20(26)14-10-17(12(2)11-21(3,4)5)28-19(14)24-18(25)13-7-8-15(22)16(23)9-13/h7-10,12H,6,11H2,1-5H3,(H,24,25)/t12-/m0/s1. The van der Waals surface area contributed by atoms with Gasteiger partial charge in [0.25, 0.3) is 5.91 Å². The van der Waals surface area contributed by atoms with Gasteiger partial charge in [0.05, 0.1) is 12.2 Å². The Morgan fingerprint density at radius 1 is 1.18 bits per heavy atom. The van der Waals surface area contributed by atoms with E-state index in [1.165, 1.54) is 17.4 Å². The SMILES string of the molecule is CCOC(=O)c1cc([C@@H](C)CC(C)(C)C)sc1NC(=O)c1ccc(F)c(F)c1. The van der Waals surface area contributed by atoms with Crippen molar-refractivity contribution < 1.29 is 23.1 Å². The number of esters is 1. The van der Waals surface area contributed by atoms with Crippen LogP contribution in [0.3, 0.4) is 0 Å². The first-order chi connectivity index (χ1) is 13.0. The van der Waals surface area contributed by atoms with Crippen LogP contribution in [0.1, 0.15) is 72.6 Å². The minimum Gasteiger partial charge on any atom is -0.462 e. The largest absolute Gasteiger partial charge is 0.462 e. The molecule has 0 fully saturated rings. The lowest BCUT2D eigenvalue weighted by Crippen LogP contribution is -2.14. The summed E-state index contributed by atoms with van der Waals surface area (Å²) in [5.41, 5.74) is 0.327. The molecule has 0 saturated carbocycles. The second-order valence-electron chi connectivity index (χ2n) is 7.86. The number of amides is 1. The molecule has 1 heterocycles. The van der Waals surface area contributed by atoms with Crippen LogP contribution in [0.5, 0.6) is 0 Å². The van der Waals surface area contributed by atoms with Gasteiger partial charge >= 0.3 is 5.97 Å². The lowest BCUT2D eigenvalue weighted by Gasteiger charge is -2.22. The lowest BCUT2D eigenvalue weighted by molar-refractivity contribution is 0.0528. The van der Waals surface area contributed by atoms with E-state index in [1.54, 1.807) is 13.0 Å². The summed E-state index contributed by atoms with van der Waals surface area (Å²) in [6.07, 6.45) is 0.895. The topological polar surface area (TPSA) is 55.4 Å². The third kappa shape index (κ3) is 5.61. The summed E-state index contributed by atoms with van der Waals surface area (Å²) < 4.78 is 31.6. The molecule has 0 bridgehead atoms. The van der Waals surface area contributed by atoms with Crippen molar-refractivity contribution in [3.8, 4) is 0 Å². The van der Waals surface area contributed by atoms with Gasteiger partial charge in [0.1, 0.15) is 5.00 Å². The van der Waals surface area contributed by atoms with E-state index in [2.05, 4.69) is 33.0 Å². The molecule has 152 valence electrons. The molecular weight excluding hydrogens is 384 g/mol. The Labute approximate surface area is 167 Å². The van der Waals surface area contributed by atoms with Crippen LogP contribution in [0, 0.1) is 17.0 Å². The maximum absolute atomic E-state index is 13.4. The summed E-state index contributed by atoms with van der Waals surface area (Å²) in [6.45, 7) is 10.4. The Morgan fingerprint density at radius 3 is 2.43 bits per heavy atom. The Morgan fingerprint density at radius 2 is 1.86 bits per heavy atom. The first-order valence-electron chi connectivity index (χ1n) is 9.09. The molecule has 0 aliphatic rings. The molecule has 1 amide bonds. The fourth-order valence-electron chi connectivity index (χ4n) is 2.94. The summed E-state index contributed by atoms with van der Waals surface area (Å²) in [5, 5.41) is 2.98. The van der Waals surface area contributed by atoms with Gasteiger partial charge < -0.3 is 10.1 Å². The maximum Gasteiger partial charge on any atom is 0.341 e. The predicted molar refractivity (Wildman–Crippen MR) is 107 cm³/mol. The van der Waals surface area contributed by atoms with Crippen molar-refractivity contribution in [2.75, 3.05) is 11.9 Å². The van der Waals surface area contributed by atoms with Gasteiger partial charge in [-0.1, -0.05) is 27.7 Å². The monoisotopic (exact) mass is 409 g/mol. The van der Waals surface area contributed by atoms with E-state index in [0.717, 1.165) is 23.4 Å². The van der Waals surface area contributed by atoms with Crippen molar-refractivity contribution in [1.82, 2.24) is 0 Å². The summed E-state index contributed by atoms with van der Waals surface area (Å²) >= 11 is 1.29. The maximum atomic E-state index is 13.4. The quantitative estimate of drug-likeness (QED) is 0.596. The molecule has 0 saturated heterocycles. The number of benzene rings is 1. The van der Waals surface area contributed by atoms with Gasteiger partial charge in [-0.2, -0.15) is 0 Å². The number of hydrogen-bond acceptors (Lipinski definition) is 4. The van der Waals surface area contributed by atoms with Crippen molar-refractivity contribution >= 4 is 28.2 Å². The van der Waals surface area contributed by atoms with Crippen LogP contribution in [-0.2, 0) is 4.74 Å². The molecule has 28 heavy (non-hydrogen) atoms. The van der Waals surface area contributed by atoms with Crippen LogP contribution in [0.2, 0.25) is 0 Å². The highest BCUT2D eigenvalue weighted by Crippen LogP contribution is 2.38. The van der Waals surface area contributed by atoms with E-state index in [0.29, 0.717) is 5.00 Å². The minimum atomic E-state index is -1.11. The molecule has 0 spiro atoms. The molecule has 7 heteroatoms. The Bertz CT molecular complexity index is 871. The van der Waals surface area contributed by atoms with Crippen LogP contribution in [0.15, 0.2) is 24.3 Å². The normalized spacial score (nSPS) is 12.5. The van der Waals surface area contributed by atoms with Crippen LogP contribution >= 0.6 is 11.3 Å². The highest BCUT2D eigenvalue weighted by Gasteiger charge is 2.24. The van der Waals surface area contributed by atoms with E-state index >= 15 is 0 Å². The second-order valence-corrected chi connectivity index (χ2v) is 8.94. The lowest BCUT2D eigenvalue weighted by atomic mass is 9.85. The van der Waals surface area contributed by atoms with E-state index in [9.17, 15) is 18.4 Å². The average Bonchev–Trinajstić information content (AvgIpc) is 3.00. The summed E-state index contributed by atoms with van der Waals surface area (Å²) in [5.74, 6) is -3.12. The number of hydrogen-bond donors (Lipinski definition) is 1. The number of thiophene rings is 1. The molecule has 1 aromatic carbocycles. The minimum absolute atomic E-state index is 0.0357. The summed E-state index contributed by atoms with van der Waals surface area (Å²) in [7, 11) is 0. The van der Waals surface area contributed by atoms with Gasteiger partial charge in [0.2, 0.25) is 0 Å². The first kappa shape index (κ1) is 22.0. The van der Waals surface area contributed by atoms with Gasteiger partial charge in [-0.3, -0.25) is 4.79 Å². The predicted octanol–water partition coefficient (Wildman–Crippen LogP) is 6.00. The number of ether oxygens (including phenoxy) is 1. The summed E-state index contributed by atoms with van der Waals surface area (Å²) in [4.78, 5) is 25.7. The van der Waals surface area contributed by atoms with Crippen molar-refractivity contribution in [3.63, 3.8) is 0 Å².